The monoisotopic (exact) mass is 295 g/mol. The maximum Gasteiger partial charge on any atom is 0.263 e. The highest BCUT2D eigenvalue weighted by Crippen LogP contribution is 2.25. The number of carbonyl (C=O) groups is 1. The SMILES string of the molecule is CC(Oc1cccc(Cl)c1)C(=O)N1C(C)CCCC1C. The highest BCUT2D eigenvalue weighted by molar-refractivity contribution is 6.30. The standard InChI is InChI=1S/C16H22ClNO2/c1-11-6-4-7-12(2)18(11)16(19)13(3)20-15-9-5-8-14(17)10-15/h5,8-13H,4,6-7H2,1-3H3. The van der Waals surface area contributed by atoms with Crippen LogP contribution >= 0.6 is 11.6 Å². The molecule has 1 aromatic carbocycles. The second-order valence-electron chi connectivity index (χ2n) is 5.59. The van der Waals surface area contributed by atoms with E-state index >= 15 is 0 Å². The van der Waals surface area contributed by atoms with Gasteiger partial charge in [0.2, 0.25) is 0 Å². The van der Waals surface area contributed by atoms with E-state index in [1.165, 1.54) is 6.42 Å². The fourth-order valence-corrected chi connectivity index (χ4v) is 3.04. The number of halogens is 1. The molecular formula is C16H22ClNO2. The fourth-order valence-electron chi connectivity index (χ4n) is 2.86. The van der Waals surface area contributed by atoms with Crippen molar-refractivity contribution < 1.29 is 9.53 Å². The summed E-state index contributed by atoms with van der Waals surface area (Å²) in [5.41, 5.74) is 0. The summed E-state index contributed by atoms with van der Waals surface area (Å²) in [6.07, 6.45) is 2.84. The fraction of sp³-hybridized carbons (Fsp3) is 0.562. The molecule has 0 spiro atoms. The summed E-state index contributed by atoms with van der Waals surface area (Å²) in [7, 11) is 0. The number of piperidine rings is 1. The predicted molar refractivity (Wildman–Crippen MR) is 81.2 cm³/mol. The van der Waals surface area contributed by atoms with Crippen molar-refractivity contribution >= 4 is 17.5 Å². The lowest BCUT2D eigenvalue weighted by atomic mass is 9.97. The van der Waals surface area contributed by atoms with E-state index in [9.17, 15) is 4.79 Å². The first-order valence-electron chi connectivity index (χ1n) is 7.23. The summed E-state index contributed by atoms with van der Waals surface area (Å²) >= 11 is 5.93. The Kier molecular flexibility index (Phi) is 4.92. The minimum Gasteiger partial charge on any atom is -0.481 e. The molecule has 1 amide bonds. The average molecular weight is 296 g/mol. The number of rotatable bonds is 3. The van der Waals surface area contributed by atoms with Gasteiger partial charge in [-0.25, -0.2) is 0 Å². The Balaban J connectivity index is 2.04. The lowest BCUT2D eigenvalue weighted by molar-refractivity contribution is -0.144. The van der Waals surface area contributed by atoms with Gasteiger partial charge in [0.05, 0.1) is 0 Å². The van der Waals surface area contributed by atoms with Crippen LogP contribution in [0.3, 0.4) is 0 Å². The van der Waals surface area contributed by atoms with Crippen LogP contribution < -0.4 is 4.74 Å². The third-order valence-corrected chi connectivity index (χ3v) is 4.14. The highest BCUT2D eigenvalue weighted by atomic mass is 35.5. The molecule has 1 aliphatic heterocycles. The van der Waals surface area contributed by atoms with E-state index in [1.54, 1.807) is 19.1 Å². The van der Waals surface area contributed by atoms with Crippen LogP contribution in [0.15, 0.2) is 24.3 Å². The quantitative estimate of drug-likeness (QED) is 0.846. The number of carbonyl (C=O) groups excluding carboxylic acids is 1. The topological polar surface area (TPSA) is 29.5 Å². The molecule has 0 aliphatic carbocycles. The van der Waals surface area contributed by atoms with Crippen molar-refractivity contribution in [2.75, 3.05) is 0 Å². The minimum absolute atomic E-state index is 0.0599. The van der Waals surface area contributed by atoms with Gasteiger partial charge in [0.15, 0.2) is 6.10 Å². The molecule has 0 saturated carbocycles. The van der Waals surface area contributed by atoms with Crippen LogP contribution in [0.4, 0.5) is 0 Å². The van der Waals surface area contributed by atoms with Crippen LogP contribution in [0.5, 0.6) is 5.75 Å². The Morgan fingerprint density at radius 1 is 1.35 bits per heavy atom. The molecule has 0 radical (unpaired) electrons. The highest BCUT2D eigenvalue weighted by Gasteiger charge is 2.32. The first-order valence-corrected chi connectivity index (χ1v) is 7.61. The van der Waals surface area contributed by atoms with E-state index in [0.29, 0.717) is 10.8 Å². The molecule has 2 rings (SSSR count). The van der Waals surface area contributed by atoms with E-state index in [1.807, 2.05) is 17.0 Å². The molecule has 0 aromatic heterocycles. The van der Waals surface area contributed by atoms with Crippen LogP contribution in [0.2, 0.25) is 5.02 Å². The maximum atomic E-state index is 12.6. The van der Waals surface area contributed by atoms with Crippen molar-refractivity contribution in [3.8, 4) is 5.75 Å². The molecule has 110 valence electrons. The zero-order chi connectivity index (χ0) is 14.7. The van der Waals surface area contributed by atoms with Crippen LogP contribution in [0, 0.1) is 0 Å². The molecular weight excluding hydrogens is 274 g/mol. The van der Waals surface area contributed by atoms with Crippen LogP contribution in [-0.2, 0) is 4.79 Å². The van der Waals surface area contributed by atoms with Gasteiger partial charge in [-0.2, -0.15) is 0 Å². The van der Waals surface area contributed by atoms with Gasteiger partial charge in [0.25, 0.3) is 5.91 Å². The second-order valence-corrected chi connectivity index (χ2v) is 6.03. The van der Waals surface area contributed by atoms with Crippen LogP contribution in [0.1, 0.15) is 40.0 Å². The number of nitrogens with zero attached hydrogens (tertiary/aromatic N) is 1. The Labute approximate surface area is 125 Å². The first kappa shape index (κ1) is 15.2. The lowest BCUT2D eigenvalue weighted by Gasteiger charge is -2.40. The van der Waals surface area contributed by atoms with Gasteiger partial charge in [-0.05, 0) is 58.2 Å². The normalized spacial score (nSPS) is 24.3. The van der Waals surface area contributed by atoms with Crippen molar-refractivity contribution in [1.29, 1.82) is 0 Å². The Morgan fingerprint density at radius 2 is 2.00 bits per heavy atom. The predicted octanol–water partition coefficient (Wildman–Crippen LogP) is 3.90. The molecule has 1 aliphatic rings. The smallest absolute Gasteiger partial charge is 0.263 e. The number of likely N-dealkylation sites (tertiary alicyclic amines) is 1. The van der Waals surface area contributed by atoms with E-state index in [4.69, 9.17) is 16.3 Å². The van der Waals surface area contributed by atoms with Crippen molar-refractivity contribution in [3.63, 3.8) is 0 Å². The van der Waals surface area contributed by atoms with E-state index in [0.717, 1.165) is 12.8 Å². The van der Waals surface area contributed by atoms with Crippen LogP contribution in [-0.4, -0.2) is 29.0 Å². The van der Waals surface area contributed by atoms with E-state index in [-0.39, 0.29) is 18.0 Å². The second kappa shape index (κ2) is 6.49. The molecule has 4 heteroatoms. The Bertz CT molecular complexity index is 467. The van der Waals surface area contributed by atoms with Gasteiger partial charge in [-0.1, -0.05) is 17.7 Å². The van der Waals surface area contributed by atoms with Crippen molar-refractivity contribution in [3.05, 3.63) is 29.3 Å². The maximum absolute atomic E-state index is 12.6. The molecule has 3 nitrogen and oxygen atoms in total. The van der Waals surface area contributed by atoms with Gasteiger partial charge in [-0.3, -0.25) is 4.79 Å². The molecule has 20 heavy (non-hydrogen) atoms. The molecule has 1 fully saturated rings. The molecule has 1 saturated heterocycles. The van der Waals surface area contributed by atoms with E-state index in [2.05, 4.69) is 13.8 Å². The molecule has 3 atom stereocenters. The van der Waals surface area contributed by atoms with E-state index < -0.39 is 6.10 Å². The van der Waals surface area contributed by atoms with Crippen molar-refractivity contribution in [1.82, 2.24) is 4.90 Å². The number of ether oxygens (including phenoxy) is 1. The zero-order valence-electron chi connectivity index (χ0n) is 12.3. The minimum atomic E-state index is -0.489. The first-order chi connectivity index (χ1) is 9.49. The van der Waals surface area contributed by atoms with Gasteiger partial charge in [0.1, 0.15) is 5.75 Å². The summed E-state index contributed by atoms with van der Waals surface area (Å²) in [5.74, 6) is 0.695. The van der Waals surface area contributed by atoms with Gasteiger partial charge >= 0.3 is 0 Å². The molecule has 1 aromatic rings. The van der Waals surface area contributed by atoms with Crippen LogP contribution in [0.25, 0.3) is 0 Å². The average Bonchev–Trinajstić information content (AvgIpc) is 2.38. The molecule has 3 unspecified atom stereocenters. The van der Waals surface area contributed by atoms with Gasteiger partial charge in [-0.15, -0.1) is 0 Å². The number of amides is 1. The molecule has 0 bridgehead atoms. The van der Waals surface area contributed by atoms with Crippen molar-refractivity contribution in [2.24, 2.45) is 0 Å². The summed E-state index contributed by atoms with van der Waals surface area (Å²) in [6.45, 7) is 6.02. The van der Waals surface area contributed by atoms with Gasteiger partial charge < -0.3 is 9.64 Å². The zero-order valence-corrected chi connectivity index (χ0v) is 13.1. The van der Waals surface area contributed by atoms with Gasteiger partial charge in [0, 0.05) is 17.1 Å². The molecule has 0 N–H and O–H groups in total. The Hall–Kier alpha value is -1.22. The number of benzene rings is 1. The summed E-state index contributed by atoms with van der Waals surface area (Å²) < 4.78 is 5.73. The number of hydrogen-bond donors (Lipinski definition) is 0. The summed E-state index contributed by atoms with van der Waals surface area (Å²) in [6, 6.07) is 7.73. The third-order valence-electron chi connectivity index (χ3n) is 3.90. The Morgan fingerprint density at radius 3 is 2.60 bits per heavy atom. The third kappa shape index (κ3) is 3.45. The summed E-state index contributed by atoms with van der Waals surface area (Å²) in [4.78, 5) is 14.5. The largest absolute Gasteiger partial charge is 0.481 e. The molecule has 1 heterocycles. The lowest BCUT2D eigenvalue weighted by Crippen LogP contribution is -2.51. The summed E-state index contributed by atoms with van der Waals surface area (Å²) in [5, 5.41) is 0.613. The van der Waals surface area contributed by atoms with Crippen molar-refractivity contribution in [2.45, 2.75) is 58.2 Å². The number of hydrogen-bond acceptors (Lipinski definition) is 2.